The predicted molar refractivity (Wildman–Crippen MR) is 120 cm³/mol. The van der Waals surface area contributed by atoms with Crippen LogP contribution in [0.2, 0.25) is 0 Å². The summed E-state index contributed by atoms with van der Waals surface area (Å²) in [6, 6.07) is 26.2. The minimum Gasteiger partial charge on any atom is -0.485 e. The van der Waals surface area contributed by atoms with Crippen LogP contribution in [0.3, 0.4) is 0 Å². The quantitative estimate of drug-likeness (QED) is 0.497. The Kier molecular flexibility index (Phi) is 5.08. The van der Waals surface area contributed by atoms with Crippen molar-refractivity contribution in [2.75, 3.05) is 19.7 Å². The van der Waals surface area contributed by atoms with E-state index in [9.17, 15) is 4.79 Å². The van der Waals surface area contributed by atoms with E-state index in [1.807, 2.05) is 54.6 Å². The molecular formula is C26H24N2O2. The standard InChI is InChI=1S/C26H24N2O2/c29-24(18-30-25-13-7-5-10-20(25)19-8-2-1-3-9-19)26-21-11-4-6-12-22(21)28-17-16-27-15-14-23(26)28/h1-13,27H,14-18H2. The van der Waals surface area contributed by atoms with Gasteiger partial charge in [-0.1, -0.05) is 66.7 Å². The second-order valence-corrected chi connectivity index (χ2v) is 7.56. The molecule has 1 aliphatic heterocycles. The van der Waals surface area contributed by atoms with Gasteiger partial charge >= 0.3 is 0 Å². The van der Waals surface area contributed by atoms with E-state index in [1.54, 1.807) is 0 Å². The number of nitrogens with one attached hydrogen (secondary N) is 1. The predicted octanol–water partition coefficient (Wildman–Crippen LogP) is 4.72. The molecule has 30 heavy (non-hydrogen) atoms. The van der Waals surface area contributed by atoms with Gasteiger partial charge in [0, 0.05) is 48.2 Å². The van der Waals surface area contributed by atoms with Crippen molar-refractivity contribution in [3.05, 3.63) is 90.1 Å². The van der Waals surface area contributed by atoms with E-state index in [0.29, 0.717) is 0 Å². The summed E-state index contributed by atoms with van der Waals surface area (Å²) in [4.78, 5) is 13.4. The van der Waals surface area contributed by atoms with Crippen molar-refractivity contribution in [2.45, 2.75) is 13.0 Å². The van der Waals surface area contributed by atoms with Gasteiger partial charge < -0.3 is 14.6 Å². The van der Waals surface area contributed by atoms with E-state index in [0.717, 1.165) is 65.1 Å². The van der Waals surface area contributed by atoms with E-state index in [1.165, 1.54) is 0 Å². The highest BCUT2D eigenvalue weighted by Crippen LogP contribution is 2.31. The van der Waals surface area contributed by atoms with Crippen molar-refractivity contribution >= 4 is 16.7 Å². The summed E-state index contributed by atoms with van der Waals surface area (Å²) in [6.07, 6.45) is 0.844. The average molecular weight is 396 g/mol. The van der Waals surface area contributed by atoms with Crippen LogP contribution in [0.15, 0.2) is 78.9 Å². The number of carbonyl (C=O) groups excluding carboxylic acids is 1. The van der Waals surface area contributed by atoms with E-state index < -0.39 is 0 Å². The molecule has 0 saturated heterocycles. The Morgan fingerprint density at radius 1 is 0.900 bits per heavy atom. The first-order valence-corrected chi connectivity index (χ1v) is 10.4. The summed E-state index contributed by atoms with van der Waals surface area (Å²) in [6.45, 7) is 2.70. The number of ether oxygens (including phenoxy) is 1. The van der Waals surface area contributed by atoms with E-state index in [4.69, 9.17) is 4.74 Å². The fourth-order valence-electron chi connectivity index (χ4n) is 4.37. The van der Waals surface area contributed by atoms with Crippen LogP contribution in [-0.2, 0) is 13.0 Å². The molecule has 0 atom stereocenters. The number of Topliss-reactive ketones (excluding diaryl/α,β-unsaturated/α-hetero) is 1. The Morgan fingerprint density at radius 2 is 1.67 bits per heavy atom. The topological polar surface area (TPSA) is 43.3 Å². The maximum absolute atomic E-state index is 13.4. The molecule has 1 aromatic heterocycles. The molecule has 5 rings (SSSR count). The van der Waals surface area contributed by atoms with E-state index in [-0.39, 0.29) is 12.4 Å². The number of carbonyl (C=O) groups is 1. The Bertz CT molecular complexity index is 1190. The van der Waals surface area contributed by atoms with Crippen molar-refractivity contribution in [3.63, 3.8) is 0 Å². The largest absolute Gasteiger partial charge is 0.485 e. The molecule has 1 aliphatic rings. The van der Waals surface area contributed by atoms with Crippen LogP contribution in [0.4, 0.5) is 0 Å². The number of hydrogen-bond donors (Lipinski definition) is 1. The Hall–Kier alpha value is -3.37. The van der Waals surface area contributed by atoms with Gasteiger partial charge in [-0.05, 0) is 17.7 Å². The Morgan fingerprint density at radius 3 is 2.57 bits per heavy atom. The molecule has 4 heteroatoms. The number of aromatic nitrogens is 1. The van der Waals surface area contributed by atoms with Gasteiger partial charge in [0.1, 0.15) is 5.75 Å². The molecule has 1 N–H and O–H groups in total. The maximum Gasteiger partial charge on any atom is 0.202 e. The fourth-order valence-corrected chi connectivity index (χ4v) is 4.37. The van der Waals surface area contributed by atoms with Crippen LogP contribution >= 0.6 is 0 Å². The third kappa shape index (κ3) is 3.40. The summed E-state index contributed by atoms with van der Waals surface area (Å²) in [5.41, 5.74) is 5.13. The average Bonchev–Trinajstić information content (AvgIpc) is 2.93. The maximum atomic E-state index is 13.4. The lowest BCUT2D eigenvalue weighted by Crippen LogP contribution is -2.18. The molecule has 0 fully saturated rings. The van der Waals surface area contributed by atoms with Gasteiger partial charge in [-0.2, -0.15) is 0 Å². The smallest absolute Gasteiger partial charge is 0.202 e. The highest BCUT2D eigenvalue weighted by Gasteiger charge is 2.23. The zero-order valence-electron chi connectivity index (χ0n) is 16.8. The van der Waals surface area contributed by atoms with Crippen LogP contribution < -0.4 is 10.1 Å². The zero-order valence-corrected chi connectivity index (χ0v) is 16.8. The molecule has 4 nitrogen and oxygen atoms in total. The summed E-state index contributed by atoms with van der Waals surface area (Å²) in [5.74, 6) is 0.762. The van der Waals surface area contributed by atoms with Gasteiger partial charge in [0.2, 0.25) is 5.78 Å². The first-order chi connectivity index (χ1) is 14.8. The number of hydrogen-bond acceptors (Lipinski definition) is 3. The number of nitrogens with zero attached hydrogens (tertiary/aromatic N) is 1. The minimum absolute atomic E-state index is 0.0261. The summed E-state index contributed by atoms with van der Waals surface area (Å²) in [5, 5.41) is 4.46. The van der Waals surface area contributed by atoms with Crippen molar-refractivity contribution in [1.82, 2.24) is 9.88 Å². The van der Waals surface area contributed by atoms with Crippen molar-refractivity contribution in [1.29, 1.82) is 0 Å². The van der Waals surface area contributed by atoms with Crippen LogP contribution in [0.5, 0.6) is 5.75 Å². The number of fused-ring (bicyclic) bond motifs is 3. The molecule has 0 saturated carbocycles. The van der Waals surface area contributed by atoms with Gasteiger partial charge in [-0.25, -0.2) is 0 Å². The molecule has 0 unspecified atom stereocenters. The highest BCUT2D eigenvalue weighted by atomic mass is 16.5. The lowest BCUT2D eigenvalue weighted by molar-refractivity contribution is 0.0922. The molecule has 0 spiro atoms. The molecule has 2 heterocycles. The van der Waals surface area contributed by atoms with Crippen molar-refractivity contribution in [2.24, 2.45) is 0 Å². The van der Waals surface area contributed by atoms with Crippen molar-refractivity contribution in [3.8, 4) is 16.9 Å². The number of para-hydroxylation sites is 2. The van der Waals surface area contributed by atoms with Crippen LogP contribution in [0.1, 0.15) is 16.1 Å². The molecule has 0 bridgehead atoms. The van der Waals surface area contributed by atoms with Crippen LogP contribution in [-0.4, -0.2) is 30.0 Å². The molecule has 150 valence electrons. The number of rotatable bonds is 5. The number of ketones is 1. The highest BCUT2D eigenvalue weighted by molar-refractivity contribution is 6.10. The lowest BCUT2D eigenvalue weighted by Gasteiger charge is -2.12. The summed E-state index contributed by atoms with van der Waals surface area (Å²) in [7, 11) is 0. The third-order valence-electron chi connectivity index (χ3n) is 5.74. The van der Waals surface area contributed by atoms with Crippen molar-refractivity contribution < 1.29 is 9.53 Å². The second kappa shape index (κ2) is 8.17. The molecule has 4 aromatic rings. The lowest BCUT2D eigenvalue weighted by atomic mass is 10.0. The third-order valence-corrected chi connectivity index (χ3v) is 5.74. The first kappa shape index (κ1) is 18.6. The summed E-state index contributed by atoms with van der Waals surface area (Å²) < 4.78 is 8.37. The van der Waals surface area contributed by atoms with Gasteiger partial charge in [0.25, 0.3) is 0 Å². The Balaban J connectivity index is 1.47. The normalized spacial score (nSPS) is 13.6. The second-order valence-electron chi connectivity index (χ2n) is 7.56. The van der Waals surface area contributed by atoms with Crippen LogP contribution in [0.25, 0.3) is 22.0 Å². The molecule has 3 aromatic carbocycles. The van der Waals surface area contributed by atoms with Gasteiger partial charge in [-0.3, -0.25) is 4.79 Å². The van der Waals surface area contributed by atoms with E-state index in [2.05, 4.69) is 34.1 Å². The van der Waals surface area contributed by atoms with Gasteiger partial charge in [0.05, 0.1) is 5.56 Å². The van der Waals surface area contributed by atoms with Gasteiger partial charge in [-0.15, -0.1) is 0 Å². The van der Waals surface area contributed by atoms with E-state index >= 15 is 0 Å². The fraction of sp³-hybridized carbons (Fsp3) is 0.192. The molecule has 0 aliphatic carbocycles. The first-order valence-electron chi connectivity index (χ1n) is 10.4. The Labute approximate surface area is 176 Å². The number of benzene rings is 3. The SMILES string of the molecule is O=C(COc1ccccc1-c1ccccc1)c1c2n(c3ccccc13)CCNCC2. The summed E-state index contributed by atoms with van der Waals surface area (Å²) >= 11 is 0. The van der Waals surface area contributed by atoms with Gasteiger partial charge in [0.15, 0.2) is 6.61 Å². The monoisotopic (exact) mass is 396 g/mol. The molecule has 0 radical (unpaired) electrons. The molecule has 0 amide bonds. The molecular weight excluding hydrogens is 372 g/mol. The minimum atomic E-state index is 0.0261. The zero-order chi connectivity index (χ0) is 20.3. The van der Waals surface area contributed by atoms with Crippen LogP contribution in [0, 0.1) is 0 Å².